The van der Waals surface area contributed by atoms with E-state index in [1.165, 1.54) is 12.1 Å². The van der Waals surface area contributed by atoms with E-state index in [1.807, 2.05) is 24.3 Å². The molecule has 1 nitrogen and oxygen atoms in total. The maximum absolute atomic E-state index is 12.6. The van der Waals surface area contributed by atoms with Crippen molar-refractivity contribution in [3.05, 3.63) is 66.0 Å². The molecule has 0 bridgehead atoms. The molecule has 0 N–H and O–H groups in total. The predicted octanol–water partition coefficient (Wildman–Crippen LogP) is 3.25. The van der Waals surface area contributed by atoms with Gasteiger partial charge in [0, 0.05) is 6.42 Å². The van der Waals surface area contributed by atoms with Crippen molar-refractivity contribution in [3.63, 3.8) is 0 Å². The highest BCUT2D eigenvalue weighted by molar-refractivity contribution is 5.21. The molecule has 0 spiro atoms. The van der Waals surface area contributed by atoms with Gasteiger partial charge in [-0.2, -0.15) is 0 Å². The summed E-state index contributed by atoms with van der Waals surface area (Å²) in [5.74, 6) is 0.629. The SMILES string of the molecule is Fc1ccc(CCOc2cc[c]cc2)cc1. The van der Waals surface area contributed by atoms with Crippen molar-refractivity contribution in [2.45, 2.75) is 6.42 Å². The predicted molar refractivity (Wildman–Crippen MR) is 60.9 cm³/mol. The Hall–Kier alpha value is -1.83. The van der Waals surface area contributed by atoms with Gasteiger partial charge in [0.2, 0.25) is 0 Å². The number of ether oxygens (including phenoxy) is 1. The summed E-state index contributed by atoms with van der Waals surface area (Å²) >= 11 is 0. The maximum atomic E-state index is 12.6. The van der Waals surface area contributed by atoms with Crippen molar-refractivity contribution in [3.8, 4) is 5.75 Å². The molecular weight excluding hydrogens is 203 g/mol. The molecule has 0 aliphatic heterocycles. The number of halogens is 1. The van der Waals surface area contributed by atoms with E-state index >= 15 is 0 Å². The van der Waals surface area contributed by atoms with E-state index in [9.17, 15) is 4.39 Å². The van der Waals surface area contributed by atoms with Crippen LogP contribution in [0.4, 0.5) is 4.39 Å². The van der Waals surface area contributed by atoms with E-state index < -0.39 is 0 Å². The van der Waals surface area contributed by atoms with E-state index in [-0.39, 0.29) is 5.82 Å². The molecule has 0 fully saturated rings. The highest BCUT2D eigenvalue weighted by Crippen LogP contribution is 2.09. The minimum Gasteiger partial charge on any atom is -0.493 e. The van der Waals surface area contributed by atoms with Crippen LogP contribution < -0.4 is 4.74 Å². The summed E-state index contributed by atoms with van der Waals surface area (Å²) in [5, 5.41) is 0. The third-order valence-corrected chi connectivity index (χ3v) is 2.26. The molecule has 0 aliphatic carbocycles. The molecule has 2 rings (SSSR count). The minimum absolute atomic E-state index is 0.205. The van der Waals surface area contributed by atoms with Crippen LogP contribution in [0.2, 0.25) is 0 Å². The second-order valence-electron chi connectivity index (χ2n) is 3.46. The van der Waals surface area contributed by atoms with Crippen LogP contribution in [-0.4, -0.2) is 6.61 Å². The van der Waals surface area contributed by atoms with Crippen molar-refractivity contribution in [2.24, 2.45) is 0 Å². The second-order valence-corrected chi connectivity index (χ2v) is 3.46. The molecule has 0 aromatic heterocycles. The van der Waals surface area contributed by atoms with E-state index in [0.29, 0.717) is 6.61 Å². The number of hydrogen-bond donors (Lipinski definition) is 0. The van der Waals surface area contributed by atoms with Crippen molar-refractivity contribution in [1.29, 1.82) is 0 Å². The molecular formula is C14H12FO. The van der Waals surface area contributed by atoms with Gasteiger partial charge in [0.1, 0.15) is 11.6 Å². The van der Waals surface area contributed by atoms with Gasteiger partial charge in [-0.05, 0) is 35.9 Å². The van der Waals surface area contributed by atoms with Gasteiger partial charge in [-0.15, -0.1) is 0 Å². The van der Waals surface area contributed by atoms with Crippen LogP contribution in [0.15, 0.2) is 48.5 Å². The molecule has 1 radical (unpaired) electrons. The van der Waals surface area contributed by atoms with Crippen LogP contribution >= 0.6 is 0 Å². The minimum atomic E-state index is -0.205. The van der Waals surface area contributed by atoms with Crippen LogP contribution in [-0.2, 0) is 6.42 Å². The van der Waals surface area contributed by atoms with Gasteiger partial charge in [0.15, 0.2) is 0 Å². The lowest BCUT2D eigenvalue weighted by Crippen LogP contribution is -2.01. The molecule has 0 aliphatic rings. The Morgan fingerprint density at radius 2 is 1.69 bits per heavy atom. The fourth-order valence-corrected chi connectivity index (χ4v) is 1.41. The van der Waals surface area contributed by atoms with Crippen LogP contribution in [0.1, 0.15) is 5.56 Å². The quantitative estimate of drug-likeness (QED) is 0.760. The van der Waals surface area contributed by atoms with Gasteiger partial charge in [-0.1, -0.05) is 24.3 Å². The normalized spacial score (nSPS) is 10.1. The van der Waals surface area contributed by atoms with Crippen LogP contribution in [0, 0.1) is 11.9 Å². The monoisotopic (exact) mass is 215 g/mol. The molecule has 0 heterocycles. The van der Waals surface area contributed by atoms with Crippen molar-refractivity contribution in [1.82, 2.24) is 0 Å². The lowest BCUT2D eigenvalue weighted by molar-refractivity contribution is 0.322. The van der Waals surface area contributed by atoms with Gasteiger partial charge >= 0.3 is 0 Å². The first-order valence-corrected chi connectivity index (χ1v) is 5.18. The van der Waals surface area contributed by atoms with E-state index in [2.05, 4.69) is 6.07 Å². The molecule has 0 saturated carbocycles. The Kier molecular flexibility index (Phi) is 3.54. The summed E-state index contributed by atoms with van der Waals surface area (Å²) in [4.78, 5) is 0. The first-order valence-electron chi connectivity index (χ1n) is 5.18. The maximum Gasteiger partial charge on any atom is 0.123 e. The van der Waals surface area contributed by atoms with Gasteiger partial charge in [0.25, 0.3) is 0 Å². The molecule has 0 atom stereocenters. The Morgan fingerprint density at radius 3 is 2.38 bits per heavy atom. The van der Waals surface area contributed by atoms with Gasteiger partial charge in [-0.3, -0.25) is 0 Å². The zero-order valence-corrected chi connectivity index (χ0v) is 8.82. The molecule has 0 amide bonds. The van der Waals surface area contributed by atoms with Crippen LogP contribution in [0.25, 0.3) is 0 Å². The zero-order valence-electron chi connectivity index (χ0n) is 8.82. The summed E-state index contributed by atoms with van der Waals surface area (Å²) in [5.41, 5.74) is 1.07. The largest absolute Gasteiger partial charge is 0.493 e. The average Bonchev–Trinajstić information content (AvgIpc) is 2.33. The zero-order chi connectivity index (χ0) is 11.2. The molecule has 0 unspecified atom stereocenters. The lowest BCUT2D eigenvalue weighted by Gasteiger charge is -2.05. The topological polar surface area (TPSA) is 9.23 Å². The molecule has 81 valence electrons. The summed E-state index contributed by atoms with van der Waals surface area (Å²) in [6.45, 7) is 0.593. The molecule has 16 heavy (non-hydrogen) atoms. The highest BCUT2D eigenvalue weighted by Gasteiger charge is 1.95. The van der Waals surface area contributed by atoms with E-state index in [1.54, 1.807) is 12.1 Å². The summed E-state index contributed by atoms with van der Waals surface area (Å²) < 4.78 is 18.2. The highest BCUT2D eigenvalue weighted by atomic mass is 19.1. The number of benzene rings is 2. The van der Waals surface area contributed by atoms with E-state index in [4.69, 9.17) is 4.74 Å². The third kappa shape index (κ3) is 3.09. The molecule has 2 aromatic rings. The molecule has 2 heteroatoms. The average molecular weight is 215 g/mol. The van der Waals surface area contributed by atoms with Crippen molar-refractivity contribution < 1.29 is 9.13 Å². The summed E-state index contributed by atoms with van der Waals surface area (Å²) in [6.07, 6.45) is 0.777. The van der Waals surface area contributed by atoms with E-state index in [0.717, 1.165) is 17.7 Å². The Labute approximate surface area is 94.5 Å². The fraction of sp³-hybridized carbons (Fsp3) is 0.143. The second kappa shape index (κ2) is 5.31. The standard InChI is InChI=1S/C14H12FO/c15-13-8-6-12(7-9-13)10-11-16-14-4-2-1-3-5-14/h2-9H,10-11H2. The lowest BCUT2D eigenvalue weighted by atomic mass is 10.2. The first kappa shape index (κ1) is 10.7. The molecule has 2 aromatic carbocycles. The third-order valence-electron chi connectivity index (χ3n) is 2.26. The summed E-state index contributed by atoms with van der Waals surface area (Å²) in [7, 11) is 0. The number of hydrogen-bond acceptors (Lipinski definition) is 1. The van der Waals surface area contributed by atoms with Gasteiger partial charge in [0.05, 0.1) is 6.61 Å². The Bertz CT molecular complexity index is 422. The molecule has 0 saturated heterocycles. The van der Waals surface area contributed by atoms with Crippen LogP contribution in [0.5, 0.6) is 5.75 Å². The van der Waals surface area contributed by atoms with Crippen LogP contribution in [0.3, 0.4) is 0 Å². The summed E-state index contributed by atoms with van der Waals surface area (Å²) in [6, 6.07) is 16.8. The van der Waals surface area contributed by atoms with Crippen molar-refractivity contribution >= 4 is 0 Å². The Balaban J connectivity index is 1.82. The van der Waals surface area contributed by atoms with Crippen molar-refractivity contribution in [2.75, 3.05) is 6.61 Å². The fourth-order valence-electron chi connectivity index (χ4n) is 1.41. The van der Waals surface area contributed by atoms with Gasteiger partial charge < -0.3 is 4.74 Å². The smallest absolute Gasteiger partial charge is 0.123 e. The number of rotatable bonds is 4. The van der Waals surface area contributed by atoms with Gasteiger partial charge in [-0.25, -0.2) is 4.39 Å². The Morgan fingerprint density at radius 1 is 1.00 bits per heavy atom. The first-order chi connectivity index (χ1) is 7.84.